The zero-order valence-corrected chi connectivity index (χ0v) is 13.9. The number of aromatic nitrogens is 1. The molecule has 1 saturated carbocycles. The first kappa shape index (κ1) is 16.3. The number of aryl methyl sites for hydroxylation is 1. The van der Waals surface area contributed by atoms with Crippen molar-refractivity contribution < 1.29 is 9.90 Å². The lowest BCUT2D eigenvalue weighted by atomic mass is 10.1. The fourth-order valence-corrected chi connectivity index (χ4v) is 3.30. The Labute approximate surface area is 141 Å². The van der Waals surface area contributed by atoms with E-state index < -0.39 is 0 Å². The number of hydrogen-bond acceptors (Lipinski definition) is 2. The first-order valence-electron chi connectivity index (χ1n) is 8.32. The molecule has 2 aromatic rings. The molecule has 5 heteroatoms. The lowest BCUT2D eigenvalue weighted by Crippen LogP contribution is -2.37. The van der Waals surface area contributed by atoms with Crippen molar-refractivity contribution in [3.63, 3.8) is 0 Å². The normalized spacial score (nSPS) is 15.7. The number of carbonyl (C=O) groups excluding carboxylic acids is 1. The molecule has 4 nitrogen and oxygen atoms in total. The van der Waals surface area contributed by atoms with Gasteiger partial charge in [-0.2, -0.15) is 0 Å². The number of fused-ring (bicyclic) bond motifs is 1. The summed E-state index contributed by atoms with van der Waals surface area (Å²) in [6.07, 6.45) is 6.36. The molecule has 1 aliphatic rings. The van der Waals surface area contributed by atoms with Gasteiger partial charge in [0.2, 0.25) is 5.91 Å². The summed E-state index contributed by atoms with van der Waals surface area (Å²) in [4.78, 5) is 12.1. The number of aliphatic hydroxyl groups is 1. The zero-order chi connectivity index (χ0) is 16.2. The number of carbonyl (C=O) groups is 1. The van der Waals surface area contributed by atoms with Gasteiger partial charge in [-0.3, -0.25) is 4.79 Å². The fraction of sp³-hybridized carbons (Fsp3) is 0.500. The number of benzene rings is 1. The highest BCUT2D eigenvalue weighted by Crippen LogP contribution is 2.33. The second kappa shape index (κ2) is 7.37. The highest BCUT2D eigenvalue weighted by molar-refractivity contribution is 6.31. The van der Waals surface area contributed by atoms with E-state index in [0.717, 1.165) is 28.9 Å². The predicted octanol–water partition coefficient (Wildman–Crippen LogP) is 3.35. The Morgan fingerprint density at radius 3 is 2.96 bits per heavy atom. The summed E-state index contributed by atoms with van der Waals surface area (Å²) in [5.41, 5.74) is 1.14. The Kier molecular flexibility index (Phi) is 5.23. The second-order valence-electron chi connectivity index (χ2n) is 6.34. The van der Waals surface area contributed by atoms with Gasteiger partial charge in [0.25, 0.3) is 0 Å². The molecule has 0 aliphatic heterocycles. The van der Waals surface area contributed by atoms with Crippen LogP contribution in [0.4, 0.5) is 0 Å². The van der Waals surface area contributed by atoms with Crippen LogP contribution in [0.15, 0.2) is 30.5 Å². The minimum Gasteiger partial charge on any atom is -0.396 e. The third kappa shape index (κ3) is 4.27. The first-order valence-corrected chi connectivity index (χ1v) is 8.70. The second-order valence-corrected chi connectivity index (χ2v) is 6.78. The third-order valence-corrected chi connectivity index (χ3v) is 4.75. The van der Waals surface area contributed by atoms with E-state index in [-0.39, 0.29) is 18.6 Å². The maximum absolute atomic E-state index is 12.1. The van der Waals surface area contributed by atoms with Gasteiger partial charge in [-0.05, 0) is 55.9 Å². The summed E-state index contributed by atoms with van der Waals surface area (Å²) in [7, 11) is 0. The van der Waals surface area contributed by atoms with E-state index in [2.05, 4.69) is 9.88 Å². The lowest BCUT2D eigenvalue weighted by molar-refractivity contribution is -0.122. The Morgan fingerprint density at radius 2 is 2.22 bits per heavy atom. The molecule has 0 radical (unpaired) electrons. The molecule has 124 valence electrons. The van der Waals surface area contributed by atoms with Crippen LogP contribution < -0.4 is 5.32 Å². The molecule has 1 aliphatic carbocycles. The summed E-state index contributed by atoms with van der Waals surface area (Å²) < 4.78 is 2.16. The standard InChI is InChI=1S/C18H23ClN2O2/c19-15-5-6-17-14(12-15)7-10-21(17)9-1-2-18(23)20-16(8-11-22)13-3-4-13/h5-7,10,12-13,16,22H,1-4,8-9,11H2,(H,20,23). The molecule has 3 rings (SSSR count). The van der Waals surface area contributed by atoms with Gasteiger partial charge >= 0.3 is 0 Å². The van der Waals surface area contributed by atoms with E-state index in [1.165, 1.54) is 12.8 Å². The molecule has 1 aromatic heterocycles. The number of rotatable bonds is 8. The molecule has 2 N–H and O–H groups in total. The molecule has 1 heterocycles. The number of amides is 1. The molecule has 1 amide bonds. The number of halogens is 1. The van der Waals surface area contributed by atoms with Gasteiger partial charge in [-0.25, -0.2) is 0 Å². The van der Waals surface area contributed by atoms with Crippen molar-refractivity contribution in [2.45, 2.75) is 44.7 Å². The minimum atomic E-state index is 0.0925. The van der Waals surface area contributed by atoms with Crippen molar-refractivity contribution in [1.82, 2.24) is 9.88 Å². The summed E-state index contributed by atoms with van der Waals surface area (Å²) in [5.74, 6) is 0.666. The number of aliphatic hydroxyl groups excluding tert-OH is 1. The summed E-state index contributed by atoms with van der Waals surface area (Å²) >= 11 is 6.00. The fourth-order valence-electron chi connectivity index (χ4n) is 3.12. The molecule has 0 saturated heterocycles. The van der Waals surface area contributed by atoms with Crippen molar-refractivity contribution in [3.05, 3.63) is 35.5 Å². The number of hydrogen-bond donors (Lipinski definition) is 2. The van der Waals surface area contributed by atoms with Gasteiger partial charge in [0.15, 0.2) is 0 Å². The molecular formula is C18H23ClN2O2. The van der Waals surface area contributed by atoms with E-state index >= 15 is 0 Å². The maximum atomic E-state index is 12.1. The lowest BCUT2D eigenvalue weighted by Gasteiger charge is -2.17. The van der Waals surface area contributed by atoms with Gasteiger partial charge in [-0.1, -0.05) is 11.6 Å². The van der Waals surface area contributed by atoms with Gasteiger partial charge in [0.1, 0.15) is 0 Å². The van der Waals surface area contributed by atoms with E-state index in [0.29, 0.717) is 18.8 Å². The van der Waals surface area contributed by atoms with Crippen LogP contribution in [0, 0.1) is 5.92 Å². The Balaban J connectivity index is 1.49. The first-order chi connectivity index (χ1) is 11.2. The van der Waals surface area contributed by atoms with Crippen molar-refractivity contribution in [1.29, 1.82) is 0 Å². The van der Waals surface area contributed by atoms with Crippen LogP contribution in [-0.2, 0) is 11.3 Å². The van der Waals surface area contributed by atoms with Crippen LogP contribution >= 0.6 is 11.6 Å². The van der Waals surface area contributed by atoms with Gasteiger partial charge < -0.3 is 15.0 Å². The van der Waals surface area contributed by atoms with Crippen LogP contribution in [0.5, 0.6) is 0 Å². The molecule has 23 heavy (non-hydrogen) atoms. The topological polar surface area (TPSA) is 54.3 Å². The van der Waals surface area contributed by atoms with E-state index in [1.54, 1.807) is 0 Å². The van der Waals surface area contributed by atoms with Crippen LogP contribution in [0.25, 0.3) is 10.9 Å². The van der Waals surface area contributed by atoms with Crippen LogP contribution in [0.1, 0.15) is 32.1 Å². The highest BCUT2D eigenvalue weighted by atomic mass is 35.5. The molecule has 1 aromatic carbocycles. The smallest absolute Gasteiger partial charge is 0.220 e. The van der Waals surface area contributed by atoms with Crippen molar-refractivity contribution in [3.8, 4) is 0 Å². The summed E-state index contributed by atoms with van der Waals surface area (Å²) in [5, 5.41) is 14.0. The van der Waals surface area contributed by atoms with E-state index in [4.69, 9.17) is 16.7 Å². The summed E-state index contributed by atoms with van der Waals surface area (Å²) in [6, 6.07) is 8.06. The minimum absolute atomic E-state index is 0.0925. The Morgan fingerprint density at radius 1 is 1.39 bits per heavy atom. The monoisotopic (exact) mass is 334 g/mol. The van der Waals surface area contributed by atoms with Crippen LogP contribution in [0.2, 0.25) is 5.02 Å². The Bertz CT molecular complexity index is 679. The van der Waals surface area contributed by atoms with E-state index in [9.17, 15) is 4.79 Å². The molecule has 0 bridgehead atoms. The van der Waals surface area contributed by atoms with Crippen molar-refractivity contribution in [2.75, 3.05) is 6.61 Å². The number of nitrogens with zero attached hydrogens (tertiary/aromatic N) is 1. The molecule has 1 fully saturated rings. The van der Waals surface area contributed by atoms with Gasteiger partial charge in [0, 0.05) is 47.7 Å². The largest absolute Gasteiger partial charge is 0.396 e. The predicted molar refractivity (Wildman–Crippen MR) is 92.5 cm³/mol. The molecule has 1 unspecified atom stereocenters. The third-order valence-electron chi connectivity index (χ3n) is 4.51. The SMILES string of the molecule is O=C(CCCn1ccc2cc(Cl)ccc21)NC(CCO)C1CC1. The van der Waals surface area contributed by atoms with Crippen LogP contribution in [0.3, 0.4) is 0 Å². The molecule has 0 spiro atoms. The summed E-state index contributed by atoms with van der Waals surface area (Å²) in [6.45, 7) is 0.950. The Hall–Kier alpha value is -1.52. The van der Waals surface area contributed by atoms with Crippen molar-refractivity contribution >= 4 is 28.4 Å². The van der Waals surface area contributed by atoms with Crippen LogP contribution in [-0.4, -0.2) is 28.2 Å². The van der Waals surface area contributed by atoms with Crippen molar-refractivity contribution in [2.24, 2.45) is 5.92 Å². The molecule has 1 atom stereocenters. The number of nitrogens with one attached hydrogen (secondary N) is 1. The molecular weight excluding hydrogens is 312 g/mol. The van der Waals surface area contributed by atoms with Gasteiger partial charge in [0.05, 0.1) is 0 Å². The van der Waals surface area contributed by atoms with Gasteiger partial charge in [-0.15, -0.1) is 0 Å². The van der Waals surface area contributed by atoms with E-state index in [1.807, 2.05) is 30.5 Å². The quantitative estimate of drug-likeness (QED) is 0.777. The average Bonchev–Trinajstić information content (AvgIpc) is 3.29. The highest BCUT2D eigenvalue weighted by Gasteiger charge is 2.31. The maximum Gasteiger partial charge on any atom is 0.220 e. The zero-order valence-electron chi connectivity index (χ0n) is 13.2. The average molecular weight is 335 g/mol.